The second kappa shape index (κ2) is 7.84. The van der Waals surface area contributed by atoms with Gasteiger partial charge >= 0.3 is 5.97 Å². The molecular formula is C13H17ClN2O4. The summed E-state index contributed by atoms with van der Waals surface area (Å²) in [6.45, 7) is 2.45. The average Bonchev–Trinajstić information content (AvgIpc) is 2.40. The van der Waals surface area contributed by atoms with E-state index in [0.717, 1.165) is 0 Å². The Bertz CT molecular complexity index is 493. The Balaban J connectivity index is 2.57. The van der Waals surface area contributed by atoms with E-state index in [1.807, 2.05) is 6.92 Å². The lowest BCUT2D eigenvalue weighted by atomic mass is 10.2. The first-order chi connectivity index (χ1) is 9.43. The molecule has 1 amide bonds. The number of benzene rings is 1. The van der Waals surface area contributed by atoms with Gasteiger partial charge in [-0.3, -0.25) is 4.79 Å². The SMILES string of the molecule is CC(CO)CNCC(=O)Nc1cc(C(=O)O)ccc1Cl. The number of nitrogens with one attached hydrogen (secondary N) is 2. The van der Waals surface area contributed by atoms with Gasteiger partial charge in [-0.2, -0.15) is 0 Å². The predicted molar refractivity (Wildman–Crippen MR) is 76.2 cm³/mol. The van der Waals surface area contributed by atoms with Gasteiger partial charge in [-0.15, -0.1) is 0 Å². The van der Waals surface area contributed by atoms with Crippen LogP contribution < -0.4 is 10.6 Å². The zero-order valence-corrected chi connectivity index (χ0v) is 11.8. The van der Waals surface area contributed by atoms with Gasteiger partial charge < -0.3 is 20.8 Å². The van der Waals surface area contributed by atoms with E-state index in [1.54, 1.807) is 0 Å². The molecule has 0 spiro atoms. The molecule has 1 atom stereocenters. The minimum atomic E-state index is -1.09. The average molecular weight is 301 g/mol. The van der Waals surface area contributed by atoms with E-state index in [4.69, 9.17) is 21.8 Å². The van der Waals surface area contributed by atoms with Crippen molar-refractivity contribution in [2.24, 2.45) is 5.92 Å². The molecule has 0 aromatic heterocycles. The normalized spacial score (nSPS) is 11.9. The van der Waals surface area contributed by atoms with Gasteiger partial charge in [-0.05, 0) is 24.1 Å². The smallest absolute Gasteiger partial charge is 0.335 e. The van der Waals surface area contributed by atoms with Crippen molar-refractivity contribution < 1.29 is 19.8 Å². The molecule has 0 saturated carbocycles. The van der Waals surface area contributed by atoms with Crippen molar-refractivity contribution in [3.8, 4) is 0 Å². The first-order valence-corrected chi connectivity index (χ1v) is 6.46. The van der Waals surface area contributed by atoms with Gasteiger partial charge in [0.25, 0.3) is 0 Å². The molecule has 6 nitrogen and oxygen atoms in total. The van der Waals surface area contributed by atoms with Crippen LogP contribution in [0.25, 0.3) is 0 Å². The number of hydrogen-bond acceptors (Lipinski definition) is 4. The molecule has 1 rings (SSSR count). The zero-order valence-electron chi connectivity index (χ0n) is 11.0. The largest absolute Gasteiger partial charge is 0.478 e. The number of carbonyl (C=O) groups excluding carboxylic acids is 1. The highest BCUT2D eigenvalue weighted by atomic mass is 35.5. The summed E-state index contributed by atoms with van der Waals surface area (Å²) < 4.78 is 0. The van der Waals surface area contributed by atoms with Crippen LogP contribution in [0.2, 0.25) is 5.02 Å². The van der Waals surface area contributed by atoms with Crippen molar-refractivity contribution in [2.75, 3.05) is 25.0 Å². The van der Waals surface area contributed by atoms with Crippen LogP contribution >= 0.6 is 11.6 Å². The van der Waals surface area contributed by atoms with Crippen molar-refractivity contribution in [3.63, 3.8) is 0 Å². The summed E-state index contributed by atoms with van der Waals surface area (Å²) in [6.07, 6.45) is 0. The molecule has 4 N–H and O–H groups in total. The van der Waals surface area contributed by atoms with E-state index in [1.165, 1.54) is 18.2 Å². The first kappa shape index (κ1) is 16.4. The van der Waals surface area contributed by atoms with Crippen LogP contribution in [-0.4, -0.2) is 41.8 Å². The Morgan fingerprint density at radius 2 is 2.10 bits per heavy atom. The molecule has 110 valence electrons. The molecule has 7 heteroatoms. The van der Waals surface area contributed by atoms with Crippen molar-refractivity contribution in [1.82, 2.24) is 5.32 Å². The number of amides is 1. The summed E-state index contributed by atoms with van der Waals surface area (Å²) in [5.41, 5.74) is 0.306. The third-order valence-corrected chi connectivity index (χ3v) is 2.91. The van der Waals surface area contributed by atoms with Crippen LogP contribution in [0.5, 0.6) is 0 Å². The zero-order chi connectivity index (χ0) is 15.1. The van der Waals surface area contributed by atoms with E-state index >= 15 is 0 Å². The van der Waals surface area contributed by atoms with Crippen molar-refractivity contribution >= 4 is 29.2 Å². The van der Waals surface area contributed by atoms with Crippen LogP contribution in [0.3, 0.4) is 0 Å². The van der Waals surface area contributed by atoms with E-state index in [2.05, 4.69) is 10.6 Å². The Morgan fingerprint density at radius 3 is 2.70 bits per heavy atom. The van der Waals surface area contributed by atoms with E-state index in [0.29, 0.717) is 6.54 Å². The lowest BCUT2D eigenvalue weighted by Crippen LogP contribution is -2.32. The minimum absolute atomic E-state index is 0.0428. The topological polar surface area (TPSA) is 98.7 Å². The van der Waals surface area contributed by atoms with Gasteiger partial charge in [0.05, 0.1) is 22.8 Å². The Labute approximate surface area is 121 Å². The molecule has 1 aromatic rings. The number of halogens is 1. The van der Waals surface area contributed by atoms with Gasteiger partial charge in [0.15, 0.2) is 0 Å². The van der Waals surface area contributed by atoms with Crippen LogP contribution in [0.15, 0.2) is 18.2 Å². The van der Waals surface area contributed by atoms with Gasteiger partial charge in [-0.1, -0.05) is 18.5 Å². The van der Waals surface area contributed by atoms with Crippen molar-refractivity contribution in [2.45, 2.75) is 6.92 Å². The fourth-order valence-corrected chi connectivity index (χ4v) is 1.61. The van der Waals surface area contributed by atoms with Crippen LogP contribution in [0.4, 0.5) is 5.69 Å². The van der Waals surface area contributed by atoms with E-state index < -0.39 is 5.97 Å². The quantitative estimate of drug-likeness (QED) is 0.606. The molecule has 0 aliphatic carbocycles. The number of aromatic carboxylic acids is 1. The summed E-state index contributed by atoms with van der Waals surface area (Å²) in [4.78, 5) is 22.5. The number of anilines is 1. The highest BCUT2D eigenvalue weighted by Gasteiger charge is 2.10. The third-order valence-electron chi connectivity index (χ3n) is 2.58. The van der Waals surface area contributed by atoms with Crippen LogP contribution in [-0.2, 0) is 4.79 Å². The second-order valence-electron chi connectivity index (χ2n) is 4.47. The molecule has 0 fully saturated rings. The van der Waals surface area contributed by atoms with Crippen molar-refractivity contribution in [1.29, 1.82) is 0 Å². The number of carboxylic acid groups (broad SMARTS) is 1. The maximum Gasteiger partial charge on any atom is 0.335 e. The van der Waals surface area contributed by atoms with Gasteiger partial charge in [0, 0.05) is 13.2 Å². The molecule has 0 heterocycles. The standard InChI is InChI=1S/C13H17ClN2O4/c1-8(7-17)5-15-6-12(18)16-11-4-9(13(19)20)2-3-10(11)14/h2-4,8,15,17H,5-7H2,1H3,(H,16,18)(H,19,20). The lowest BCUT2D eigenvalue weighted by Gasteiger charge is -2.11. The predicted octanol–water partition coefficient (Wildman–Crippen LogP) is 1.19. The molecule has 0 bridgehead atoms. The number of hydrogen-bond donors (Lipinski definition) is 4. The number of carbonyl (C=O) groups is 2. The van der Waals surface area contributed by atoms with E-state index in [-0.39, 0.29) is 41.3 Å². The van der Waals surface area contributed by atoms with Crippen LogP contribution in [0.1, 0.15) is 17.3 Å². The molecule has 0 aliphatic heterocycles. The third kappa shape index (κ3) is 5.16. The first-order valence-electron chi connectivity index (χ1n) is 6.08. The highest BCUT2D eigenvalue weighted by Crippen LogP contribution is 2.22. The minimum Gasteiger partial charge on any atom is -0.478 e. The summed E-state index contributed by atoms with van der Waals surface area (Å²) >= 11 is 5.89. The fourth-order valence-electron chi connectivity index (χ4n) is 1.45. The number of rotatable bonds is 7. The van der Waals surface area contributed by atoms with Crippen molar-refractivity contribution in [3.05, 3.63) is 28.8 Å². The molecule has 0 saturated heterocycles. The Morgan fingerprint density at radius 1 is 1.40 bits per heavy atom. The summed E-state index contributed by atoms with van der Waals surface area (Å²) in [6, 6.07) is 4.09. The van der Waals surface area contributed by atoms with Gasteiger partial charge in [0.1, 0.15) is 0 Å². The highest BCUT2D eigenvalue weighted by molar-refractivity contribution is 6.33. The number of carboxylic acids is 1. The van der Waals surface area contributed by atoms with E-state index in [9.17, 15) is 9.59 Å². The Hall–Kier alpha value is -1.63. The maximum atomic E-state index is 11.7. The molecular weight excluding hydrogens is 284 g/mol. The molecule has 20 heavy (non-hydrogen) atoms. The second-order valence-corrected chi connectivity index (χ2v) is 4.87. The fraction of sp³-hybridized carbons (Fsp3) is 0.385. The maximum absolute atomic E-state index is 11.7. The Kier molecular flexibility index (Phi) is 6.44. The van der Waals surface area contributed by atoms with Gasteiger partial charge in [-0.25, -0.2) is 4.79 Å². The molecule has 0 radical (unpaired) electrons. The molecule has 1 unspecified atom stereocenters. The lowest BCUT2D eigenvalue weighted by molar-refractivity contribution is -0.115. The monoisotopic (exact) mass is 300 g/mol. The van der Waals surface area contributed by atoms with Crippen LogP contribution in [0, 0.1) is 5.92 Å². The molecule has 0 aliphatic rings. The summed E-state index contributed by atoms with van der Waals surface area (Å²) in [5.74, 6) is -1.37. The molecule has 1 aromatic carbocycles. The summed E-state index contributed by atoms with van der Waals surface area (Å²) in [5, 5.41) is 23.4. The summed E-state index contributed by atoms with van der Waals surface area (Å²) in [7, 11) is 0. The number of aliphatic hydroxyl groups excluding tert-OH is 1. The number of aliphatic hydroxyl groups is 1. The van der Waals surface area contributed by atoms with Gasteiger partial charge in [0.2, 0.25) is 5.91 Å².